The Balaban J connectivity index is 0.000000286. The maximum absolute atomic E-state index is 12.8. The van der Waals surface area contributed by atoms with Crippen LogP contribution in [-0.2, 0) is 0 Å². The third kappa shape index (κ3) is 6.35. The summed E-state index contributed by atoms with van der Waals surface area (Å²) in [7, 11) is 0. The molecular weight excluding hydrogens is 440 g/mol. The van der Waals surface area contributed by atoms with Gasteiger partial charge in [0, 0.05) is 41.4 Å². The number of aromatic nitrogens is 2. The zero-order valence-electron chi connectivity index (χ0n) is 17.3. The van der Waals surface area contributed by atoms with E-state index >= 15 is 0 Å². The van der Waals surface area contributed by atoms with Crippen LogP contribution >= 0.6 is 11.6 Å². The first kappa shape index (κ1) is 23.4. The van der Waals surface area contributed by atoms with Crippen LogP contribution in [0.25, 0.3) is 11.8 Å². The van der Waals surface area contributed by atoms with Crippen molar-refractivity contribution in [3.8, 4) is 0 Å². The second-order valence-electron chi connectivity index (χ2n) is 6.68. The Bertz CT molecular complexity index is 1280. The summed E-state index contributed by atoms with van der Waals surface area (Å²) in [6, 6.07) is 21.8. The molecule has 0 unspecified atom stereocenters. The Labute approximate surface area is 195 Å². The lowest BCUT2D eigenvalue weighted by atomic mass is 10.0. The predicted molar refractivity (Wildman–Crippen MR) is 127 cm³/mol. The van der Waals surface area contributed by atoms with Crippen LogP contribution in [0.3, 0.4) is 0 Å². The van der Waals surface area contributed by atoms with E-state index in [9.17, 15) is 14.7 Å². The van der Waals surface area contributed by atoms with E-state index in [4.69, 9.17) is 16.7 Å². The van der Waals surface area contributed by atoms with Crippen molar-refractivity contribution in [1.82, 2.24) is 9.97 Å². The molecule has 4 rings (SSSR count). The van der Waals surface area contributed by atoms with Gasteiger partial charge in [0.05, 0.1) is 16.3 Å². The number of aliphatic hydroxyl groups excluding tert-OH is 1. The van der Waals surface area contributed by atoms with Gasteiger partial charge in [-0.2, -0.15) is 0 Å². The molecule has 0 radical (unpaired) electrons. The highest BCUT2D eigenvalue weighted by Crippen LogP contribution is 2.22. The lowest BCUT2D eigenvalue weighted by Gasteiger charge is -2.07. The number of benzene rings is 2. The van der Waals surface area contributed by atoms with Gasteiger partial charge in [-0.05, 0) is 48.5 Å². The number of carbonyl (C=O) groups is 2. The maximum atomic E-state index is 12.8. The van der Waals surface area contributed by atoms with Crippen LogP contribution in [0.5, 0.6) is 0 Å². The van der Waals surface area contributed by atoms with E-state index in [0.717, 1.165) is 0 Å². The van der Waals surface area contributed by atoms with Gasteiger partial charge in [-0.15, -0.1) is 0 Å². The van der Waals surface area contributed by atoms with E-state index in [1.165, 1.54) is 6.08 Å². The topological polar surface area (TPSA) is 100 Å². The fraction of sp³-hybridized carbons (Fsp3) is 0. The summed E-state index contributed by atoms with van der Waals surface area (Å²) in [6.07, 6.45) is 6.18. The second kappa shape index (κ2) is 11.4. The van der Waals surface area contributed by atoms with Crippen molar-refractivity contribution < 1.29 is 19.8 Å². The van der Waals surface area contributed by atoms with Gasteiger partial charge in [0.1, 0.15) is 5.76 Å². The number of aliphatic hydroxyl groups is 1. The number of carboxylic acids is 1. The highest BCUT2D eigenvalue weighted by atomic mass is 35.5. The zero-order valence-corrected chi connectivity index (χ0v) is 18.1. The summed E-state index contributed by atoms with van der Waals surface area (Å²) in [5, 5.41) is 19.0. The van der Waals surface area contributed by atoms with Crippen LogP contribution < -0.4 is 0 Å². The number of carboxylic acid groups (broad SMARTS) is 1. The number of hydrogen-bond acceptors (Lipinski definition) is 5. The molecule has 2 N–H and O–H groups in total. The first-order valence-electron chi connectivity index (χ1n) is 9.81. The Hall–Kier alpha value is -4.29. The van der Waals surface area contributed by atoms with Crippen LogP contribution in [0.15, 0.2) is 97.5 Å². The SMILES string of the molecule is O=C(O)c1ccccc1.O=C(c1ccccc1Cl)c1cccnc1/C=C(\O)c1ccncc1. The van der Waals surface area contributed by atoms with Gasteiger partial charge in [-0.25, -0.2) is 4.79 Å². The molecule has 0 saturated heterocycles. The van der Waals surface area contributed by atoms with Crippen molar-refractivity contribution in [2.45, 2.75) is 0 Å². The minimum atomic E-state index is -0.879. The molecule has 0 spiro atoms. The van der Waals surface area contributed by atoms with Crippen LogP contribution in [-0.4, -0.2) is 31.9 Å². The van der Waals surface area contributed by atoms with Crippen LogP contribution in [0.1, 0.15) is 37.5 Å². The molecule has 6 nitrogen and oxygen atoms in total. The van der Waals surface area contributed by atoms with Gasteiger partial charge in [0.25, 0.3) is 0 Å². The molecule has 2 heterocycles. The number of hydrogen-bond donors (Lipinski definition) is 2. The normalized spacial score (nSPS) is 10.6. The van der Waals surface area contributed by atoms with Crippen LogP contribution in [0, 0.1) is 0 Å². The summed E-state index contributed by atoms with van der Waals surface area (Å²) < 4.78 is 0. The molecule has 33 heavy (non-hydrogen) atoms. The lowest BCUT2D eigenvalue weighted by Crippen LogP contribution is -2.05. The number of ketones is 1. The van der Waals surface area contributed by atoms with Gasteiger partial charge < -0.3 is 10.2 Å². The van der Waals surface area contributed by atoms with Gasteiger partial charge in [-0.1, -0.05) is 41.9 Å². The third-order valence-corrected chi connectivity index (χ3v) is 4.80. The van der Waals surface area contributed by atoms with Gasteiger partial charge >= 0.3 is 5.97 Å². The fourth-order valence-corrected chi connectivity index (χ4v) is 3.05. The largest absolute Gasteiger partial charge is 0.507 e. The standard InChI is InChI=1S/C19H13ClN2O2.C7H6O2/c20-16-6-2-1-4-14(16)19(24)15-5-3-9-22-17(15)12-18(23)13-7-10-21-11-8-13;8-7(9)6-4-2-1-3-5-6/h1-12,23H;1-5H,(H,8,9)/b18-12-;. The van der Waals surface area contributed by atoms with Crippen molar-refractivity contribution in [1.29, 1.82) is 0 Å². The molecular formula is C26H19ClN2O4. The maximum Gasteiger partial charge on any atom is 0.335 e. The van der Waals surface area contributed by atoms with Gasteiger partial charge in [0.15, 0.2) is 5.78 Å². The second-order valence-corrected chi connectivity index (χ2v) is 7.09. The third-order valence-electron chi connectivity index (χ3n) is 4.47. The molecule has 0 atom stereocenters. The number of nitrogens with zero attached hydrogens (tertiary/aromatic N) is 2. The smallest absolute Gasteiger partial charge is 0.335 e. The predicted octanol–water partition coefficient (Wildman–Crippen LogP) is 5.80. The Morgan fingerprint density at radius 2 is 1.36 bits per heavy atom. The van der Waals surface area contributed by atoms with Crippen LogP contribution in [0.2, 0.25) is 5.02 Å². The molecule has 0 fully saturated rings. The summed E-state index contributed by atoms with van der Waals surface area (Å²) in [4.78, 5) is 31.1. The molecule has 4 aromatic rings. The minimum Gasteiger partial charge on any atom is -0.507 e. The van der Waals surface area contributed by atoms with E-state index in [-0.39, 0.29) is 11.5 Å². The molecule has 7 heteroatoms. The van der Waals surface area contributed by atoms with Gasteiger partial charge in [0.2, 0.25) is 0 Å². The molecule has 0 saturated carbocycles. The summed E-state index contributed by atoms with van der Waals surface area (Å²) in [5.74, 6) is -1.12. The van der Waals surface area contributed by atoms with Crippen molar-refractivity contribution in [2.75, 3.05) is 0 Å². The number of carbonyl (C=O) groups excluding carboxylic acids is 1. The highest BCUT2D eigenvalue weighted by Gasteiger charge is 2.16. The van der Waals surface area contributed by atoms with E-state index < -0.39 is 5.97 Å². The molecule has 164 valence electrons. The minimum absolute atomic E-state index is 0.00399. The Morgan fingerprint density at radius 3 is 2.00 bits per heavy atom. The highest BCUT2D eigenvalue weighted by molar-refractivity contribution is 6.35. The van der Waals surface area contributed by atoms with E-state index in [1.54, 1.807) is 97.5 Å². The summed E-state index contributed by atoms with van der Waals surface area (Å²) in [6.45, 7) is 0. The lowest BCUT2D eigenvalue weighted by molar-refractivity contribution is 0.0696. The fourth-order valence-electron chi connectivity index (χ4n) is 2.83. The molecule has 2 aromatic carbocycles. The van der Waals surface area contributed by atoms with Crippen molar-refractivity contribution in [2.24, 2.45) is 0 Å². The molecule has 0 bridgehead atoms. The number of halogens is 1. The molecule has 0 aliphatic carbocycles. The average molecular weight is 459 g/mol. The zero-order chi connectivity index (χ0) is 23.6. The first-order valence-corrected chi connectivity index (χ1v) is 10.2. The number of pyridine rings is 2. The monoisotopic (exact) mass is 458 g/mol. The van der Waals surface area contributed by atoms with E-state index in [2.05, 4.69) is 9.97 Å². The average Bonchev–Trinajstić information content (AvgIpc) is 2.86. The first-order chi connectivity index (χ1) is 16.0. The summed E-state index contributed by atoms with van der Waals surface area (Å²) >= 11 is 6.11. The van der Waals surface area contributed by atoms with Gasteiger partial charge in [-0.3, -0.25) is 14.8 Å². The summed E-state index contributed by atoms with van der Waals surface area (Å²) in [5.41, 5.74) is 2.05. The molecule has 2 aromatic heterocycles. The van der Waals surface area contributed by atoms with Crippen molar-refractivity contribution >= 4 is 35.2 Å². The molecule has 0 aliphatic rings. The molecule has 0 amide bonds. The van der Waals surface area contributed by atoms with E-state index in [1.807, 2.05) is 0 Å². The van der Waals surface area contributed by atoms with E-state index in [0.29, 0.717) is 33.0 Å². The quantitative estimate of drug-likeness (QED) is 0.289. The van der Waals surface area contributed by atoms with Crippen molar-refractivity contribution in [3.05, 3.63) is 130 Å². The number of aromatic carboxylic acids is 1. The van der Waals surface area contributed by atoms with Crippen LogP contribution in [0.4, 0.5) is 0 Å². The van der Waals surface area contributed by atoms with Crippen molar-refractivity contribution in [3.63, 3.8) is 0 Å². The Kier molecular flexibility index (Phi) is 8.05. The Morgan fingerprint density at radius 1 is 0.727 bits per heavy atom. The number of rotatable bonds is 5. The molecule has 0 aliphatic heterocycles.